The summed E-state index contributed by atoms with van der Waals surface area (Å²) >= 11 is 0. The normalized spacial score (nSPS) is 7.42. The first-order chi connectivity index (χ1) is 5.20. The van der Waals surface area contributed by atoms with Gasteiger partial charge in [-0.1, -0.05) is 6.58 Å². The number of rotatable bonds is 2. The molecule has 1 radical (unpaired) electrons. The second-order valence-corrected chi connectivity index (χ2v) is 1.45. The molecule has 0 rings (SSSR count). The second-order valence-electron chi connectivity index (χ2n) is 1.45. The molecule has 0 heterocycles. The van der Waals surface area contributed by atoms with Crippen LogP contribution in [-0.2, 0) is 36.7 Å². The fourth-order valence-corrected chi connectivity index (χ4v) is 0.294. The maximum absolute atomic E-state index is 10.4. The van der Waals surface area contributed by atoms with Crippen molar-refractivity contribution in [1.29, 1.82) is 0 Å². The van der Waals surface area contributed by atoms with E-state index in [9.17, 15) is 9.59 Å². The first-order valence-electron chi connectivity index (χ1n) is 2.96. The van der Waals surface area contributed by atoms with E-state index in [2.05, 4.69) is 16.2 Å². The molecule has 0 bridgehead atoms. The number of hydrogen-bond donors (Lipinski definition) is 1. The average Bonchev–Trinajstić information content (AvgIpc) is 2.01. The molecule has 0 unspecified atom stereocenters. The monoisotopic (exact) mass is 266 g/mol. The zero-order chi connectivity index (χ0) is 8.69. The van der Waals surface area contributed by atoms with Crippen molar-refractivity contribution in [2.75, 3.05) is 6.61 Å². The summed E-state index contributed by atoms with van der Waals surface area (Å²) < 4.78 is 4.38. The van der Waals surface area contributed by atoms with E-state index in [4.69, 9.17) is 0 Å². The van der Waals surface area contributed by atoms with E-state index in [1.165, 1.54) is 0 Å². The van der Waals surface area contributed by atoms with Crippen molar-refractivity contribution in [2.45, 2.75) is 6.92 Å². The average molecular weight is 267 g/mol. The van der Waals surface area contributed by atoms with Crippen molar-refractivity contribution in [3.63, 3.8) is 0 Å². The van der Waals surface area contributed by atoms with Crippen LogP contribution in [0.15, 0.2) is 12.7 Å². The minimum atomic E-state index is -0.803. The Morgan fingerprint density at radius 3 is 2.58 bits per heavy atom. The summed E-state index contributed by atoms with van der Waals surface area (Å²) in [5.41, 5.74) is 1.75. The van der Waals surface area contributed by atoms with Crippen LogP contribution in [0.4, 0.5) is 4.79 Å². The molecule has 0 saturated heterocycles. The molecule has 0 saturated carbocycles. The largest absolute Gasteiger partial charge is 0.448 e. The van der Waals surface area contributed by atoms with E-state index in [0.717, 1.165) is 6.08 Å². The van der Waals surface area contributed by atoms with Crippen molar-refractivity contribution >= 4 is 12.1 Å². The van der Waals surface area contributed by atoms with Gasteiger partial charge in [-0.3, -0.25) is 0 Å². The zero-order valence-electron chi connectivity index (χ0n) is 6.43. The van der Waals surface area contributed by atoms with Crippen molar-refractivity contribution in [3.05, 3.63) is 12.7 Å². The van der Waals surface area contributed by atoms with Gasteiger partial charge < -0.3 is 9.57 Å². The molecule has 5 nitrogen and oxygen atoms in total. The van der Waals surface area contributed by atoms with E-state index in [-0.39, 0.29) is 29.0 Å². The summed E-state index contributed by atoms with van der Waals surface area (Å²) in [6.45, 7) is 4.97. The first-order valence-corrected chi connectivity index (χ1v) is 2.96. The molecule has 1 N–H and O–H groups in total. The molecule has 0 aromatic rings. The Labute approximate surface area is 85.6 Å². The summed E-state index contributed by atoms with van der Waals surface area (Å²) in [5.74, 6) is -0.738. The molecule has 0 aromatic heterocycles. The molecular weight excluding hydrogens is 258 g/mol. The number of hydroxylamine groups is 1. The SMILES string of the molecule is C=CC(=O)ONC(=O)OCC.[Ag]. The van der Waals surface area contributed by atoms with Gasteiger partial charge in [-0.15, -0.1) is 5.48 Å². The predicted molar refractivity (Wildman–Crippen MR) is 36.4 cm³/mol. The van der Waals surface area contributed by atoms with Gasteiger partial charge in [0.25, 0.3) is 0 Å². The van der Waals surface area contributed by atoms with Crippen LogP contribution < -0.4 is 5.48 Å². The van der Waals surface area contributed by atoms with Gasteiger partial charge in [0, 0.05) is 28.5 Å². The summed E-state index contributed by atoms with van der Waals surface area (Å²) in [4.78, 5) is 24.9. The predicted octanol–water partition coefficient (Wildman–Crippen LogP) is 0.374. The molecule has 0 aromatic carbocycles. The van der Waals surface area contributed by atoms with E-state index < -0.39 is 12.1 Å². The van der Waals surface area contributed by atoms with Gasteiger partial charge in [0.05, 0.1) is 6.61 Å². The molecule has 6 heteroatoms. The Kier molecular flexibility index (Phi) is 9.56. The van der Waals surface area contributed by atoms with E-state index in [0.29, 0.717) is 0 Å². The molecule has 73 valence electrons. The van der Waals surface area contributed by atoms with Crippen molar-refractivity contribution in [2.24, 2.45) is 0 Å². The number of ether oxygens (including phenoxy) is 1. The fraction of sp³-hybridized carbons (Fsp3) is 0.333. The number of hydrogen-bond acceptors (Lipinski definition) is 4. The zero-order valence-corrected chi connectivity index (χ0v) is 7.91. The smallest absolute Gasteiger partial charge is 0.440 e. The molecule has 12 heavy (non-hydrogen) atoms. The van der Waals surface area contributed by atoms with Crippen LogP contribution in [0.3, 0.4) is 0 Å². The minimum Gasteiger partial charge on any atom is -0.448 e. The van der Waals surface area contributed by atoms with E-state index in [1.54, 1.807) is 12.4 Å². The topological polar surface area (TPSA) is 64.6 Å². The number of nitrogens with one attached hydrogen (secondary N) is 1. The maximum atomic E-state index is 10.4. The Morgan fingerprint density at radius 1 is 1.58 bits per heavy atom. The van der Waals surface area contributed by atoms with Gasteiger partial charge in [0.2, 0.25) is 0 Å². The van der Waals surface area contributed by atoms with Gasteiger partial charge in [0.15, 0.2) is 0 Å². The molecule has 0 aliphatic heterocycles. The van der Waals surface area contributed by atoms with Gasteiger partial charge in [-0.05, 0) is 6.92 Å². The van der Waals surface area contributed by atoms with E-state index in [1.807, 2.05) is 0 Å². The molecule has 0 spiro atoms. The second kappa shape index (κ2) is 8.32. The standard InChI is InChI=1S/C6H9NO4.Ag/c1-3-5(8)11-7-6(9)10-4-2;/h3H,1,4H2,2H3,(H,7,9);. The summed E-state index contributed by atoms with van der Waals surface area (Å²) in [6.07, 6.45) is 0.120. The molecular formula is C6H9AgNO4. The third kappa shape index (κ3) is 7.33. The molecule has 0 atom stereocenters. The molecule has 1 amide bonds. The van der Waals surface area contributed by atoms with Crippen LogP contribution in [0.5, 0.6) is 0 Å². The fourth-order valence-electron chi connectivity index (χ4n) is 0.294. The molecule has 0 aliphatic carbocycles. The van der Waals surface area contributed by atoms with Crippen molar-refractivity contribution in [1.82, 2.24) is 5.48 Å². The number of amides is 1. The van der Waals surface area contributed by atoms with Gasteiger partial charge in [-0.2, -0.15) is 0 Å². The van der Waals surface area contributed by atoms with E-state index >= 15 is 0 Å². The number of carbonyl (C=O) groups excluding carboxylic acids is 2. The Bertz CT molecular complexity index is 171. The van der Waals surface area contributed by atoms with Gasteiger partial charge in [0.1, 0.15) is 0 Å². The Balaban J connectivity index is 0. The first kappa shape index (κ1) is 13.8. The third-order valence-electron chi connectivity index (χ3n) is 0.677. The van der Waals surface area contributed by atoms with Crippen LogP contribution >= 0.6 is 0 Å². The summed E-state index contributed by atoms with van der Waals surface area (Å²) in [5, 5.41) is 0. The molecule has 0 fully saturated rings. The maximum Gasteiger partial charge on any atom is 0.440 e. The van der Waals surface area contributed by atoms with Gasteiger partial charge >= 0.3 is 12.1 Å². The van der Waals surface area contributed by atoms with Crippen LogP contribution in [0.2, 0.25) is 0 Å². The van der Waals surface area contributed by atoms with Crippen LogP contribution in [-0.4, -0.2) is 18.7 Å². The van der Waals surface area contributed by atoms with Crippen molar-refractivity contribution < 1.29 is 41.5 Å². The molecule has 0 aliphatic rings. The van der Waals surface area contributed by atoms with Gasteiger partial charge in [-0.25, -0.2) is 9.59 Å². The third-order valence-corrected chi connectivity index (χ3v) is 0.677. The van der Waals surface area contributed by atoms with Crippen LogP contribution in [0.1, 0.15) is 6.92 Å². The van der Waals surface area contributed by atoms with Crippen LogP contribution in [0.25, 0.3) is 0 Å². The number of carbonyl (C=O) groups is 2. The Morgan fingerprint density at radius 2 is 2.17 bits per heavy atom. The summed E-state index contributed by atoms with van der Waals surface area (Å²) in [7, 11) is 0. The quantitative estimate of drug-likeness (QED) is 0.446. The van der Waals surface area contributed by atoms with Crippen molar-refractivity contribution in [3.8, 4) is 0 Å². The Hall–Kier alpha value is -0.780. The summed E-state index contributed by atoms with van der Waals surface area (Å²) in [6, 6.07) is 0. The van der Waals surface area contributed by atoms with Crippen LogP contribution in [0, 0.1) is 0 Å². The minimum absolute atomic E-state index is 0.